The summed E-state index contributed by atoms with van der Waals surface area (Å²) in [5.41, 5.74) is 1.08. The number of hydrogen-bond donors (Lipinski definition) is 0. The van der Waals surface area contributed by atoms with Crippen LogP contribution in [0.1, 0.15) is 20.8 Å². The average Bonchev–Trinajstić information content (AvgIpc) is 2.44. The fourth-order valence-electron chi connectivity index (χ4n) is 1.60. The van der Waals surface area contributed by atoms with Crippen molar-refractivity contribution in [1.82, 2.24) is 9.78 Å². The molecule has 2 nitrogen and oxygen atoms in total. The first-order chi connectivity index (χ1) is 6.91. The molecule has 0 spiro atoms. The van der Waals surface area contributed by atoms with Crippen LogP contribution in [0.3, 0.4) is 0 Å². The van der Waals surface area contributed by atoms with Gasteiger partial charge in [0.15, 0.2) is 0 Å². The number of nitrogens with zero attached hydrogens (tertiary/aromatic N) is 2. The summed E-state index contributed by atoms with van der Waals surface area (Å²) >= 11 is 8.40. The van der Waals surface area contributed by atoms with E-state index in [1.807, 2.05) is 16.8 Å². The Labute approximate surface area is 108 Å². The van der Waals surface area contributed by atoms with Crippen molar-refractivity contribution >= 4 is 45.1 Å². The number of hydrogen-bond acceptors (Lipinski definition) is 1. The monoisotopic (exact) mass is 334 g/mol. The number of aromatic nitrogens is 2. The van der Waals surface area contributed by atoms with Gasteiger partial charge in [-0.25, -0.2) is 0 Å². The quantitative estimate of drug-likeness (QED) is 0.665. The SMILES string of the molecule is CC(C)(C)n1nc(I)c2c(Cl)cccc21. The molecule has 0 bridgehead atoms. The number of benzene rings is 1. The van der Waals surface area contributed by atoms with Crippen molar-refractivity contribution in [3.8, 4) is 0 Å². The first-order valence-electron chi connectivity index (χ1n) is 4.74. The molecule has 0 aliphatic rings. The van der Waals surface area contributed by atoms with Gasteiger partial charge in [0.1, 0.15) is 3.70 Å². The van der Waals surface area contributed by atoms with Crippen LogP contribution in [0.4, 0.5) is 0 Å². The summed E-state index contributed by atoms with van der Waals surface area (Å²) in [5, 5.41) is 6.36. The van der Waals surface area contributed by atoms with E-state index in [0.29, 0.717) is 0 Å². The van der Waals surface area contributed by atoms with E-state index in [0.717, 1.165) is 19.6 Å². The molecular formula is C11H12ClIN2. The van der Waals surface area contributed by atoms with Gasteiger partial charge in [-0.2, -0.15) is 5.10 Å². The standard InChI is InChI=1S/C11H12ClIN2/c1-11(2,3)15-8-6-4-5-7(12)9(8)10(13)14-15/h4-6H,1-3H3. The second kappa shape index (κ2) is 3.63. The molecule has 4 heteroatoms. The van der Waals surface area contributed by atoms with Crippen LogP contribution in [0.2, 0.25) is 5.02 Å². The Balaban J connectivity index is 2.85. The summed E-state index contributed by atoms with van der Waals surface area (Å²) < 4.78 is 2.99. The van der Waals surface area contributed by atoms with E-state index < -0.39 is 0 Å². The van der Waals surface area contributed by atoms with Crippen molar-refractivity contribution in [1.29, 1.82) is 0 Å². The van der Waals surface area contributed by atoms with Gasteiger partial charge in [-0.3, -0.25) is 4.68 Å². The lowest BCUT2D eigenvalue weighted by atomic mass is 10.1. The lowest BCUT2D eigenvalue weighted by molar-refractivity contribution is 0.366. The van der Waals surface area contributed by atoms with Gasteiger partial charge in [-0.1, -0.05) is 17.7 Å². The van der Waals surface area contributed by atoms with Crippen molar-refractivity contribution in [2.24, 2.45) is 0 Å². The summed E-state index contributed by atoms with van der Waals surface area (Å²) in [4.78, 5) is 0. The molecule has 2 rings (SSSR count). The molecule has 0 saturated carbocycles. The normalized spacial score (nSPS) is 12.3. The summed E-state index contributed by atoms with van der Waals surface area (Å²) in [6.07, 6.45) is 0. The zero-order chi connectivity index (χ0) is 11.2. The van der Waals surface area contributed by atoms with Crippen LogP contribution in [-0.2, 0) is 5.54 Å². The molecule has 80 valence electrons. The predicted octanol–water partition coefficient (Wildman–Crippen LogP) is 4.05. The van der Waals surface area contributed by atoms with E-state index in [-0.39, 0.29) is 5.54 Å². The Morgan fingerprint density at radius 3 is 2.60 bits per heavy atom. The van der Waals surface area contributed by atoms with Gasteiger partial charge >= 0.3 is 0 Å². The third-order valence-corrected chi connectivity index (χ3v) is 3.32. The van der Waals surface area contributed by atoms with Crippen molar-refractivity contribution < 1.29 is 0 Å². The molecule has 15 heavy (non-hydrogen) atoms. The highest BCUT2D eigenvalue weighted by molar-refractivity contribution is 14.1. The second-order valence-electron chi connectivity index (χ2n) is 4.51. The largest absolute Gasteiger partial charge is 0.258 e. The third kappa shape index (κ3) is 1.87. The lowest BCUT2D eigenvalue weighted by Crippen LogP contribution is -2.22. The smallest absolute Gasteiger partial charge is 0.132 e. The fourth-order valence-corrected chi connectivity index (χ4v) is 2.80. The first-order valence-corrected chi connectivity index (χ1v) is 6.20. The van der Waals surface area contributed by atoms with Gasteiger partial charge in [0.05, 0.1) is 21.5 Å². The molecule has 0 aliphatic carbocycles. The van der Waals surface area contributed by atoms with Gasteiger partial charge in [0.2, 0.25) is 0 Å². The van der Waals surface area contributed by atoms with Crippen LogP contribution in [0.5, 0.6) is 0 Å². The Kier molecular flexibility index (Phi) is 2.71. The predicted molar refractivity (Wildman–Crippen MR) is 72.5 cm³/mol. The van der Waals surface area contributed by atoms with Crippen molar-refractivity contribution in [2.45, 2.75) is 26.3 Å². The third-order valence-electron chi connectivity index (χ3n) is 2.25. The minimum atomic E-state index is -0.0215. The van der Waals surface area contributed by atoms with E-state index in [1.54, 1.807) is 0 Å². The van der Waals surface area contributed by atoms with Crippen molar-refractivity contribution in [2.75, 3.05) is 0 Å². The molecule has 0 unspecified atom stereocenters. The Hall–Kier alpha value is -0.290. The zero-order valence-electron chi connectivity index (χ0n) is 8.88. The zero-order valence-corrected chi connectivity index (χ0v) is 11.8. The maximum atomic E-state index is 6.17. The van der Waals surface area contributed by atoms with Gasteiger partial charge in [-0.15, -0.1) is 0 Å². The van der Waals surface area contributed by atoms with Gasteiger partial charge in [-0.05, 0) is 55.5 Å². The van der Waals surface area contributed by atoms with Crippen LogP contribution < -0.4 is 0 Å². The minimum absolute atomic E-state index is 0.0215. The molecular weight excluding hydrogens is 322 g/mol. The van der Waals surface area contributed by atoms with Gasteiger partial charge in [0, 0.05) is 0 Å². The molecule has 0 radical (unpaired) electrons. The topological polar surface area (TPSA) is 17.8 Å². The lowest BCUT2D eigenvalue weighted by Gasteiger charge is -2.20. The van der Waals surface area contributed by atoms with E-state index in [9.17, 15) is 0 Å². The molecule has 0 N–H and O–H groups in total. The van der Waals surface area contributed by atoms with Gasteiger partial charge in [0.25, 0.3) is 0 Å². The van der Waals surface area contributed by atoms with Crippen LogP contribution in [0, 0.1) is 3.70 Å². The van der Waals surface area contributed by atoms with Crippen LogP contribution in [-0.4, -0.2) is 9.78 Å². The van der Waals surface area contributed by atoms with E-state index in [2.05, 4.69) is 54.5 Å². The Bertz CT molecular complexity index is 511. The summed E-state index contributed by atoms with van der Waals surface area (Å²) in [5.74, 6) is 0. The van der Waals surface area contributed by atoms with E-state index in [1.165, 1.54) is 0 Å². The molecule has 0 aliphatic heterocycles. The molecule has 1 aromatic heterocycles. The van der Waals surface area contributed by atoms with E-state index >= 15 is 0 Å². The Morgan fingerprint density at radius 1 is 1.33 bits per heavy atom. The number of rotatable bonds is 0. The minimum Gasteiger partial charge on any atom is -0.258 e. The highest BCUT2D eigenvalue weighted by Gasteiger charge is 2.20. The summed E-state index contributed by atoms with van der Waals surface area (Å²) in [7, 11) is 0. The average molecular weight is 335 g/mol. The molecule has 0 atom stereocenters. The Morgan fingerprint density at radius 2 is 2.00 bits per heavy atom. The maximum absolute atomic E-state index is 6.17. The summed E-state index contributed by atoms with van der Waals surface area (Å²) in [6, 6.07) is 5.92. The molecule has 0 amide bonds. The van der Waals surface area contributed by atoms with Crippen LogP contribution >= 0.6 is 34.2 Å². The molecule has 0 fully saturated rings. The molecule has 2 aromatic rings. The van der Waals surface area contributed by atoms with Crippen LogP contribution in [0.25, 0.3) is 10.9 Å². The van der Waals surface area contributed by atoms with Crippen molar-refractivity contribution in [3.63, 3.8) is 0 Å². The van der Waals surface area contributed by atoms with Crippen LogP contribution in [0.15, 0.2) is 18.2 Å². The first kappa shape index (κ1) is 11.2. The molecule has 1 heterocycles. The molecule has 1 aromatic carbocycles. The highest BCUT2D eigenvalue weighted by atomic mass is 127. The van der Waals surface area contributed by atoms with Gasteiger partial charge < -0.3 is 0 Å². The number of halogens is 2. The van der Waals surface area contributed by atoms with E-state index in [4.69, 9.17) is 11.6 Å². The fraction of sp³-hybridized carbons (Fsp3) is 0.364. The molecule has 0 saturated heterocycles. The second-order valence-corrected chi connectivity index (χ2v) is 5.94. The number of fused-ring (bicyclic) bond motifs is 1. The van der Waals surface area contributed by atoms with Crippen molar-refractivity contribution in [3.05, 3.63) is 26.9 Å². The maximum Gasteiger partial charge on any atom is 0.132 e. The summed E-state index contributed by atoms with van der Waals surface area (Å²) in [6.45, 7) is 6.41. The highest BCUT2D eigenvalue weighted by Crippen LogP contribution is 2.30.